The zero-order valence-corrected chi connectivity index (χ0v) is 12.4. The molecule has 0 unspecified atom stereocenters. The fraction of sp³-hybridized carbons (Fsp3) is 0.214. The molecule has 24 heavy (non-hydrogen) atoms. The number of fused-ring (bicyclic) bond motifs is 4. The number of hydrogen-bond acceptors (Lipinski definition) is 8. The van der Waals surface area contributed by atoms with Gasteiger partial charge in [-0.25, -0.2) is 14.6 Å². The van der Waals surface area contributed by atoms with E-state index in [0.717, 1.165) is 41.5 Å². The van der Waals surface area contributed by atoms with Crippen LogP contribution in [0.4, 0.5) is 0 Å². The van der Waals surface area contributed by atoms with Gasteiger partial charge in [0.1, 0.15) is 5.52 Å². The van der Waals surface area contributed by atoms with Crippen molar-refractivity contribution in [3.8, 4) is 0 Å². The summed E-state index contributed by atoms with van der Waals surface area (Å²) in [6.45, 7) is 0.754. The predicted molar refractivity (Wildman–Crippen MR) is 82.9 cm³/mol. The van der Waals surface area contributed by atoms with Gasteiger partial charge in [0, 0.05) is 18.4 Å². The molecule has 0 bridgehead atoms. The Morgan fingerprint density at radius 1 is 1.08 bits per heavy atom. The molecule has 0 aliphatic carbocycles. The molecule has 0 saturated carbocycles. The number of hydrogen-bond donors (Lipinski definition) is 1. The van der Waals surface area contributed by atoms with Crippen molar-refractivity contribution in [3.05, 3.63) is 30.1 Å². The monoisotopic (exact) mass is 321 g/mol. The quantitative estimate of drug-likeness (QED) is 0.524. The number of tetrazole rings is 1. The predicted octanol–water partition coefficient (Wildman–Crippen LogP) is 1.27. The smallest absolute Gasteiger partial charge is 0.245 e. The molecule has 5 rings (SSSR count). The van der Waals surface area contributed by atoms with Crippen LogP contribution in [-0.4, -0.2) is 45.5 Å². The van der Waals surface area contributed by atoms with Crippen LogP contribution in [0.25, 0.3) is 33.4 Å². The number of para-hydroxylation sites is 1. The normalized spacial score (nSPS) is 11.8. The molecule has 0 amide bonds. The molecular weight excluding hydrogens is 310 g/mol. The van der Waals surface area contributed by atoms with Gasteiger partial charge in [-0.2, -0.15) is 5.21 Å². The summed E-state index contributed by atoms with van der Waals surface area (Å²) in [7, 11) is 0. The Bertz CT molecular complexity index is 1140. The molecule has 10 nitrogen and oxygen atoms in total. The van der Waals surface area contributed by atoms with Gasteiger partial charge >= 0.3 is 0 Å². The van der Waals surface area contributed by atoms with Crippen molar-refractivity contribution in [2.45, 2.75) is 19.4 Å². The molecule has 0 aliphatic heterocycles. The highest BCUT2D eigenvalue weighted by Gasteiger charge is 2.16. The fourth-order valence-electron chi connectivity index (χ4n) is 2.93. The summed E-state index contributed by atoms with van der Waals surface area (Å²) < 4.78 is 6.86. The lowest BCUT2D eigenvalue weighted by molar-refractivity contribution is 0.314. The van der Waals surface area contributed by atoms with Gasteiger partial charge in [-0.3, -0.25) is 0 Å². The van der Waals surface area contributed by atoms with Gasteiger partial charge in [0.15, 0.2) is 11.5 Å². The van der Waals surface area contributed by atoms with Crippen LogP contribution in [0, 0.1) is 0 Å². The van der Waals surface area contributed by atoms with Crippen molar-refractivity contribution in [1.29, 1.82) is 0 Å². The molecule has 0 aliphatic rings. The molecular formula is C14H11N9O. The third-order valence-electron chi connectivity index (χ3n) is 3.97. The molecule has 0 atom stereocenters. The number of rotatable bonds is 4. The Kier molecular flexibility index (Phi) is 2.74. The number of aromatic nitrogens is 9. The number of nitrogens with one attached hydrogen (secondary N) is 1. The Balaban J connectivity index is 1.63. The minimum atomic E-state index is 0.407. The van der Waals surface area contributed by atoms with Crippen LogP contribution in [0.3, 0.4) is 0 Å². The summed E-state index contributed by atoms with van der Waals surface area (Å²) in [5, 5.41) is 22.6. The second kappa shape index (κ2) is 5.05. The van der Waals surface area contributed by atoms with E-state index in [4.69, 9.17) is 4.63 Å². The first-order valence-corrected chi connectivity index (χ1v) is 7.50. The molecule has 118 valence electrons. The highest BCUT2D eigenvalue weighted by atomic mass is 16.6. The van der Waals surface area contributed by atoms with Crippen molar-refractivity contribution in [2.75, 3.05) is 0 Å². The highest BCUT2D eigenvalue weighted by Crippen LogP contribution is 2.27. The van der Waals surface area contributed by atoms with Gasteiger partial charge < -0.3 is 4.57 Å². The van der Waals surface area contributed by atoms with Crippen LogP contribution in [0.2, 0.25) is 0 Å². The van der Waals surface area contributed by atoms with Gasteiger partial charge in [0.25, 0.3) is 0 Å². The van der Waals surface area contributed by atoms with Crippen molar-refractivity contribution < 1.29 is 4.63 Å². The summed E-state index contributed by atoms with van der Waals surface area (Å²) >= 11 is 0. The summed E-state index contributed by atoms with van der Waals surface area (Å²) in [6.07, 6.45) is 1.58. The number of aromatic amines is 1. The molecule has 10 heteroatoms. The Hall–Kier alpha value is -3.43. The van der Waals surface area contributed by atoms with E-state index in [1.165, 1.54) is 0 Å². The van der Waals surface area contributed by atoms with E-state index in [1.54, 1.807) is 0 Å². The second-order valence-corrected chi connectivity index (χ2v) is 5.41. The number of nitrogens with zero attached hydrogens (tertiary/aromatic N) is 8. The molecule has 4 heterocycles. The fourth-order valence-corrected chi connectivity index (χ4v) is 2.93. The van der Waals surface area contributed by atoms with Gasteiger partial charge in [0.2, 0.25) is 11.3 Å². The molecule has 0 radical (unpaired) electrons. The molecule has 0 spiro atoms. The van der Waals surface area contributed by atoms with Gasteiger partial charge in [-0.1, -0.05) is 23.4 Å². The third-order valence-corrected chi connectivity index (χ3v) is 3.97. The Morgan fingerprint density at radius 3 is 2.83 bits per heavy atom. The van der Waals surface area contributed by atoms with E-state index in [0.29, 0.717) is 17.1 Å². The number of aryl methyl sites for hydroxylation is 2. The van der Waals surface area contributed by atoms with E-state index >= 15 is 0 Å². The van der Waals surface area contributed by atoms with Crippen LogP contribution in [-0.2, 0) is 13.0 Å². The van der Waals surface area contributed by atoms with Crippen LogP contribution in [0.15, 0.2) is 28.9 Å². The third kappa shape index (κ3) is 1.93. The van der Waals surface area contributed by atoms with Crippen LogP contribution in [0.5, 0.6) is 0 Å². The van der Waals surface area contributed by atoms with E-state index in [9.17, 15) is 0 Å². The largest absolute Gasteiger partial charge is 0.324 e. The minimum Gasteiger partial charge on any atom is -0.324 e. The second-order valence-electron chi connectivity index (χ2n) is 5.41. The molecule has 5 aromatic rings. The Morgan fingerprint density at radius 2 is 1.96 bits per heavy atom. The number of benzene rings is 1. The van der Waals surface area contributed by atoms with Gasteiger partial charge in [0.05, 0.1) is 5.52 Å². The summed E-state index contributed by atoms with van der Waals surface area (Å²) in [4.78, 5) is 9.13. The maximum atomic E-state index is 4.73. The minimum absolute atomic E-state index is 0.407. The lowest BCUT2D eigenvalue weighted by atomic mass is 10.2. The molecule has 1 aromatic carbocycles. The van der Waals surface area contributed by atoms with Crippen LogP contribution < -0.4 is 0 Å². The molecule has 0 saturated heterocycles. The van der Waals surface area contributed by atoms with E-state index in [-0.39, 0.29) is 0 Å². The van der Waals surface area contributed by atoms with E-state index < -0.39 is 0 Å². The van der Waals surface area contributed by atoms with Gasteiger partial charge in [-0.15, -0.1) is 10.2 Å². The maximum Gasteiger partial charge on any atom is 0.245 e. The maximum absolute atomic E-state index is 4.73. The topological polar surface area (TPSA) is 124 Å². The van der Waals surface area contributed by atoms with Crippen LogP contribution in [0.1, 0.15) is 12.2 Å². The van der Waals surface area contributed by atoms with E-state index in [2.05, 4.69) is 51.5 Å². The van der Waals surface area contributed by atoms with Crippen molar-refractivity contribution >= 4 is 33.4 Å². The Labute approximate surface area is 133 Å². The van der Waals surface area contributed by atoms with Crippen molar-refractivity contribution in [1.82, 2.24) is 45.5 Å². The molecule has 1 N–H and O–H groups in total. The first-order chi connectivity index (χ1) is 11.9. The first-order valence-electron chi connectivity index (χ1n) is 7.50. The first kappa shape index (κ1) is 13.0. The number of H-pyrrole nitrogens is 1. The SMILES string of the molecule is c1ccc2c(c1)c1nc3nonc3nc1n2CCCc1nn[nH]n1. The van der Waals surface area contributed by atoms with Crippen molar-refractivity contribution in [3.63, 3.8) is 0 Å². The average Bonchev–Trinajstić information content (AvgIpc) is 3.33. The zero-order chi connectivity index (χ0) is 15.9. The lowest BCUT2D eigenvalue weighted by Crippen LogP contribution is -2.02. The average molecular weight is 321 g/mol. The summed E-state index contributed by atoms with van der Waals surface area (Å²) in [5.74, 6) is 0.699. The standard InChI is InChI=1S/C14H11N9O/c1-2-5-9-8(4-1)11-14(16-13-12(15-11)19-24-20-13)23(9)7-3-6-10-17-21-22-18-10/h1-2,4-5H,3,6-7H2,(H,17,18,21,22). The summed E-state index contributed by atoms with van der Waals surface area (Å²) in [6, 6.07) is 8.07. The lowest BCUT2D eigenvalue weighted by Gasteiger charge is -2.05. The van der Waals surface area contributed by atoms with Crippen LogP contribution >= 0.6 is 0 Å². The van der Waals surface area contributed by atoms with E-state index in [1.807, 2.05) is 18.2 Å². The highest BCUT2D eigenvalue weighted by molar-refractivity contribution is 6.05. The van der Waals surface area contributed by atoms with Gasteiger partial charge in [-0.05, 0) is 22.8 Å². The molecule has 0 fully saturated rings. The zero-order valence-electron chi connectivity index (χ0n) is 12.4. The van der Waals surface area contributed by atoms with Crippen molar-refractivity contribution in [2.24, 2.45) is 0 Å². The molecule has 4 aromatic heterocycles. The summed E-state index contributed by atoms with van der Waals surface area (Å²) in [5.41, 5.74) is 3.47.